The molecule has 1 aliphatic heterocycles. The summed E-state index contributed by atoms with van der Waals surface area (Å²) in [6.45, 7) is 0. The first-order chi connectivity index (χ1) is 13.5. The second-order valence-corrected chi connectivity index (χ2v) is 7.54. The van der Waals surface area contributed by atoms with Gasteiger partial charge in [0.05, 0.1) is 18.4 Å². The molecule has 1 aromatic carbocycles. The Balaban J connectivity index is 1.54. The number of esters is 1. The van der Waals surface area contributed by atoms with Crippen molar-refractivity contribution in [1.82, 2.24) is 10.2 Å². The zero-order valence-corrected chi connectivity index (χ0v) is 15.5. The summed E-state index contributed by atoms with van der Waals surface area (Å²) < 4.78 is 4.67. The van der Waals surface area contributed by atoms with E-state index in [1.165, 1.54) is 24.3 Å². The number of carbonyl (C=O) groups is 4. The first-order valence-electron chi connectivity index (χ1n) is 9.38. The number of aliphatic imine (C=N–C) groups is 1. The maximum Gasteiger partial charge on any atom is 0.337 e. The topological polar surface area (TPSA) is 105 Å². The first kappa shape index (κ1) is 18.3. The summed E-state index contributed by atoms with van der Waals surface area (Å²) in [5, 5.41) is 2.28. The van der Waals surface area contributed by atoms with Crippen LogP contribution in [0.3, 0.4) is 0 Å². The van der Waals surface area contributed by atoms with E-state index in [9.17, 15) is 19.2 Å². The van der Waals surface area contributed by atoms with Gasteiger partial charge in [-0.25, -0.2) is 9.59 Å². The number of ether oxygens (including phenoxy) is 1. The smallest absolute Gasteiger partial charge is 0.337 e. The van der Waals surface area contributed by atoms with Crippen molar-refractivity contribution in [2.45, 2.75) is 31.7 Å². The van der Waals surface area contributed by atoms with E-state index in [2.05, 4.69) is 15.0 Å². The third-order valence-corrected chi connectivity index (χ3v) is 5.91. The quantitative estimate of drug-likeness (QED) is 0.487. The summed E-state index contributed by atoms with van der Waals surface area (Å²) in [4.78, 5) is 54.5. The van der Waals surface area contributed by atoms with Gasteiger partial charge >= 0.3 is 12.0 Å². The Labute approximate surface area is 161 Å². The Hall–Kier alpha value is -3.03. The molecule has 2 bridgehead atoms. The molecule has 8 nitrogen and oxygen atoms in total. The summed E-state index contributed by atoms with van der Waals surface area (Å²) in [6.07, 6.45) is 5.24. The Morgan fingerprint density at radius 1 is 1.25 bits per heavy atom. The van der Waals surface area contributed by atoms with Gasteiger partial charge in [-0.15, -0.1) is 0 Å². The molecule has 0 aromatic heterocycles. The number of hydrogen-bond donors (Lipinski definition) is 1. The van der Waals surface area contributed by atoms with Crippen molar-refractivity contribution in [3.8, 4) is 0 Å². The van der Waals surface area contributed by atoms with Gasteiger partial charge in [0.25, 0.3) is 0 Å². The van der Waals surface area contributed by atoms with Crippen LogP contribution in [0.4, 0.5) is 10.5 Å². The average Bonchev–Trinajstić information content (AvgIpc) is 3.30. The molecular formula is C20H21N3O5. The van der Waals surface area contributed by atoms with Gasteiger partial charge in [-0.05, 0) is 49.3 Å². The molecule has 3 aliphatic rings. The minimum absolute atomic E-state index is 0.141. The van der Waals surface area contributed by atoms with E-state index in [1.807, 2.05) is 0 Å². The minimum Gasteiger partial charge on any atom is -0.465 e. The molecule has 1 saturated heterocycles. The predicted octanol–water partition coefficient (Wildman–Crippen LogP) is 2.06. The number of benzene rings is 1. The van der Waals surface area contributed by atoms with E-state index in [1.54, 1.807) is 18.2 Å². The molecule has 1 heterocycles. The van der Waals surface area contributed by atoms with Gasteiger partial charge in [0.2, 0.25) is 11.8 Å². The van der Waals surface area contributed by atoms with Gasteiger partial charge in [0.15, 0.2) is 5.92 Å². The molecule has 146 valence electrons. The third kappa shape index (κ3) is 3.19. The van der Waals surface area contributed by atoms with Crippen LogP contribution < -0.4 is 5.32 Å². The van der Waals surface area contributed by atoms with Crippen LogP contribution in [-0.2, 0) is 14.3 Å². The number of barbiturate groups is 1. The highest BCUT2D eigenvalue weighted by Gasteiger charge is 2.50. The van der Waals surface area contributed by atoms with E-state index in [-0.39, 0.29) is 6.04 Å². The van der Waals surface area contributed by atoms with Crippen LogP contribution in [0.5, 0.6) is 0 Å². The number of carbonyl (C=O) groups excluding carboxylic acids is 4. The van der Waals surface area contributed by atoms with Crippen LogP contribution >= 0.6 is 0 Å². The number of hydrogen-bond acceptors (Lipinski definition) is 6. The highest BCUT2D eigenvalue weighted by atomic mass is 16.5. The van der Waals surface area contributed by atoms with E-state index < -0.39 is 29.7 Å². The van der Waals surface area contributed by atoms with Gasteiger partial charge in [-0.3, -0.25) is 24.8 Å². The molecule has 1 N–H and O–H groups in total. The Bertz CT molecular complexity index is 880. The van der Waals surface area contributed by atoms with E-state index >= 15 is 0 Å². The van der Waals surface area contributed by atoms with E-state index in [0.717, 1.165) is 25.7 Å². The van der Waals surface area contributed by atoms with Crippen LogP contribution in [-0.4, -0.2) is 48.1 Å². The minimum atomic E-state index is -1.17. The molecule has 4 atom stereocenters. The Kier molecular flexibility index (Phi) is 4.70. The molecule has 4 rings (SSSR count). The summed E-state index contributed by atoms with van der Waals surface area (Å²) >= 11 is 0. The number of rotatable bonds is 4. The molecule has 28 heavy (non-hydrogen) atoms. The molecule has 0 unspecified atom stereocenters. The van der Waals surface area contributed by atoms with Crippen molar-refractivity contribution in [2.75, 3.05) is 7.11 Å². The molecule has 3 fully saturated rings. The average molecular weight is 383 g/mol. The summed E-state index contributed by atoms with van der Waals surface area (Å²) in [5.41, 5.74) is 0.724. The maximum absolute atomic E-state index is 12.9. The van der Waals surface area contributed by atoms with Crippen molar-refractivity contribution < 1.29 is 23.9 Å². The number of imide groups is 2. The standard InChI is InChI=1S/C20H21N3O5/c1-28-19(26)13-3-2-4-14(9-13)21-10-15-17(24)22-20(27)23(18(15)25)16-8-11-5-6-12(16)7-11/h2-4,9-12,15-16H,5-8H2,1H3,(H,22,24,27)/t11-,12-,15-,16-/m0/s1. The fourth-order valence-corrected chi connectivity index (χ4v) is 4.57. The van der Waals surface area contributed by atoms with Gasteiger partial charge < -0.3 is 4.74 Å². The second kappa shape index (κ2) is 7.18. The van der Waals surface area contributed by atoms with Gasteiger partial charge in [-0.2, -0.15) is 0 Å². The van der Waals surface area contributed by atoms with Crippen LogP contribution in [0.1, 0.15) is 36.0 Å². The molecule has 4 amide bonds. The van der Waals surface area contributed by atoms with Crippen LogP contribution in [0.25, 0.3) is 0 Å². The zero-order chi connectivity index (χ0) is 19.8. The molecule has 1 aromatic rings. The van der Waals surface area contributed by atoms with Crippen LogP contribution in [0, 0.1) is 17.8 Å². The number of nitrogens with zero attached hydrogens (tertiary/aromatic N) is 2. The highest BCUT2D eigenvalue weighted by Crippen LogP contribution is 2.47. The zero-order valence-electron chi connectivity index (χ0n) is 15.5. The summed E-state index contributed by atoms with van der Waals surface area (Å²) in [7, 11) is 1.28. The van der Waals surface area contributed by atoms with Gasteiger partial charge in [0.1, 0.15) is 0 Å². The third-order valence-electron chi connectivity index (χ3n) is 5.91. The highest BCUT2D eigenvalue weighted by molar-refractivity contribution is 6.23. The van der Waals surface area contributed by atoms with E-state index in [4.69, 9.17) is 0 Å². The molecule has 8 heteroatoms. The fraction of sp³-hybridized carbons (Fsp3) is 0.450. The predicted molar refractivity (Wildman–Crippen MR) is 99.0 cm³/mol. The van der Waals surface area contributed by atoms with Gasteiger partial charge in [0, 0.05) is 12.3 Å². The first-order valence-corrected chi connectivity index (χ1v) is 9.38. The largest absolute Gasteiger partial charge is 0.465 e. The van der Waals surface area contributed by atoms with Crippen LogP contribution in [0.15, 0.2) is 29.3 Å². The van der Waals surface area contributed by atoms with Crippen LogP contribution in [0.2, 0.25) is 0 Å². The number of urea groups is 1. The number of nitrogens with one attached hydrogen (secondary N) is 1. The number of amides is 4. The number of fused-ring (bicyclic) bond motifs is 2. The van der Waals surface area contributed by atoms with Crippen molar-refractivity contribution in [3.63, 3.8) is 0 Å². The lowest BCUT2D eigenvalue weighted by molar-refractivity contribution is -0.141. The Morgan fingerprint density at radius 3 is 2.75 bits per heavy atom. The van der Waals surface area contributed by atoms with Crippen molar-refractivity contribution >= 4 is 35.7 Å². The van der Waals surface area contributed by atoms with Gasteiger partial charge in [-0.1, -0.05) is 12.5 Å². The maximum atomic E-state index is 12.9. The lowest BCUT2D eigenvalue weighted by Gasteiger charge is -2.36. The summed E-state index contributed by atoms with van der Waals surface area (Å²) in [6, 6.07) is 5.59. The molecule has 0 spiro atoms. The van der Waals surface area contributed by atoms with Crippen molar-refractivity contribution in [3.05, 3.63) is 29.8 Å². The monoisotopic (exact) mass is 383 g/mol. The molecule has 2 aliphatic carbocycles. The molecule has 0 radical (unpaired) electrons. The molecular weight excluding hydrogens is 362 g/mol. The SMILES string of the molecule is COC(=O)c1cccc(N=C[C@H]2C(=O)NC(=O)N([C@H]3C[C@H]4CC[C@H]3C4)C2=O)c1. The second-order valence-electron chi connectivity index (χ2n) is 7.54. The van der Waals surface area contributed by atoms with Crippen molar-refractivity contribution in [1.29, 1.82) is 0 Å². The normalized spacial score (nSPS) is 29.5. The van der Waals surface area contributed by atoms with E-state index in [0.29, 0.717) is 23.1 Å². The van der Waals surface area contributed by atoms with Crippen molar-refractivity contribution in [2.24, 2.45) is 22.7 Å². The molecule has 2 saturated carbocycles. The lowest BCUT2D eigenvalue weighted by Crippen LogP contribution is -2.62. The summed E-state index contributed by atoms with van der Waals surface area (Å²) in [5.74, 6) is -2.00. The lowest BCUT2D eigenvalue weighted by atomic mass is 9.92. The number of methoxy groups -OCH3 is 1. The fourth-order valence-electron chi connectivity index (χ4n) is 4.57. The Morgan fingerprint density at radius 2 is 2.07 bits per heavy atom.